The molecule has 3 heterocycles. The van der Waals surface area contributed by atoms with Crippen molar-refractivity contribution in [3.05, 3.63) is 22.4 Å². The van der Waals surface area contributed by atoms with Crippen LogP contribution in [0.15, 0.2) is 16.8 Å². The summed E-state index contributed by atoms with van der Waals surface area (Å²) < 4.78 is 12.1. The Kier molecular flexibility index (Phi) is 4.96. The minimum atomic E-state index is -0.0901. The molecular formula is C16H26N2O2S. The predicted molar refractivity (Wildman–Crippen MR) is 85.8 cm³/mol. The highest BCUT2D eigenvalue weighted by molar-refractivity contribution is 7.07. The lowest BCUT2D eigenvalue weighted by Gasteiger charge is -2.31. The normalized spacial score (nSPS) is 31.1. The van der Waals surface area contributed by atoms with Crippen molar-refractivity contribution < 1.29 is 9.47 Å². The van der Waals surface area contributed by atoms with Gasteiger partial charge in [0.15, 0.2) is 0 Å². The molecule has 0 saturated carbocycles. The molecule has 2 atom stereocenters. The lowest BCUT2D eigenvalue weighted by molar-refractivity contribution is -0.0563. The summed E-state index contributed by atoms with van der Waals surface area (Å²) in [7, 11) is 4.27. The lowest BCUT2D eigenvalue weighted by Crippen LogP contribution is -2.44. The second kappa shape index (κ2) is 6.75. The Morgan fingerprint density at radius 3 is 3.14 bits per heavy atom. The minimum absolute atomic E-state index is 0.0901. The number of ether oxygens (including phenoxy) is 2. The third-order valence-electron chi connectivity index (χ3n) is 4.32. The molecule has 0 unspecified atom stereocenters. The summed E-state index contributed by atoms with van der Waals surface area (Å²) in [4.78, 5) is 4.75. The van der Waals surface area contributed by atoms with Crippen LogP contribution >= 0.6 is 11.3 Å². The first kappa shape index (κ1) is 15.4. The van der Waals surface area contributed by atoms with Crippen molar-refractivity contribution in [1.29, 1.82) is 0 Å². The lowest BCUT2D eigenvalue weighted by atomic mass is 9.94. The van der Waals surface area contributed by atoms with Crippen molar-refractivity contribution in [2.75, 3.05) is 53.6 Å². The van der Waals surface area contributed by atoms with Crippen molar-refractivity contribution >= 4 is 11.3 Å². The highest BCUT2D eigenvalue weighted by atomic mass is 32.1. The van der Waals surface area contributed by atoms with Gasteiger partial charge < -0.3 is 14.4 Å². The minimum Gasteiger partial charge on any atom is -0.377 e. The Morgan fingerprint density at radius 1 is 1.48 bits per heavy atom. The zero-order valence-electron chi connectivity index (χ0n) is 13.1. The standard InChI is InChI=1S/C16H26N2O2S/c1-17(2)8-15-7-16(20-10-15)12-18(4-5-19-13-16)9-14-3-6-21-11-14/h3,6,11,15H,4-5,7-10,12-13H2,1-2H3/t15-,16+/m0/s1. The monoisotopic (exact) mass is 310 g/mol. The zero-order chi connectivity index (χ0) is 14.7. The van der Waals surface area contributed by atoms with E-state index in [1.165, 1.54) is 5.56 Å². The first-order valence-corrected chi connectivity index (χ1v) is 8.69. The molecule has 0 aromatic carbocycles. The van der Waals surface area contributed by atoms with Crippen molar-refractivity contribution in [3.8, 4) is 0 Å². The zero-order valence-corrected chi connectivity index (χ0v) is 13.9. The van der Waals surface area contributed by atoms with E-state index in [-0.39, 0.29) is 5.60 Å². The van der Waals surface area contributed by atoms with E-state index in [9.17, 15) is 0 Å². The van der Waals surface area contributed by atoms with Gasteiger partial charge in [0, 0.05) is 26.2 Å². The van der Waals surface area contributed by atoms with E-state index in [1.807, 2.05) is 0 Å². The average molecular weight is 310 g/mol. The molecule has 118 valence electrons. The molecule has 2 aliphatic heterocycles. The maximum Gasteiger partial charge on any atom is 0.104 e. The van der Waals surface area contributed by atoms with Crippen LogP contribution in [0.4, 0.5) is 0 Å². The van der Waals surface area contributed by atoms with E-state index < -0.39 is 0 Å². The van der Waals surface area contributed by atoms with Crippen LogP contribution in [-0.2, 0) is 16.0 Å². The summed E-state index contributed by atoms with van der Waals surface area (Å²) in [6.45, 7) is 6.53. The second-order valence-electron chi connectivity index (χ2n) is 6.72. The van der Waals surface area contributed by atoms with Crippen LogP contribution < -0.4 is 0 Å². The smallest absolute Gasteiger partial charge is 0.104 e. The van der Waals surface area contributed by atoms with E-state index in [2.05, 4.69) is 40.7 Å². The van der Waals surface area contributed by atoms with Gasteiger partial charge in [-0.3, -0.25) is 4.90 Å². The molecule has 0 aliphatic carbocycles. The van der Waals surface area contributed by atoms with Crippen molar-refractivity contribution in [3.63, 3.8) is 0 Å². The molecule has 1 spiro atoms. The molecule has 0 radical (unpaired) electrons. The van der Waals surface area contributed by atoms with Gasteiger partial charge in [0.1, 0.15) is 5.60 Å². The van der Waals surface area contributed by atoms with Gasteiger partial charge in [-0.25, -0.2) is 0 Å². The van der Waals surface area contributed by atoms with Gasteiger partial charge in [-0.05, 0) is 48.8 Å². The van der Waals surface area contributed by atoms with E-state index in [0.717, 1.165) is 52.4 Å². The van der Waals surface area contributed by atoms with Gasteiger partial charge in [-0.15, -0.1) is 0 Å². The Labute approximate surface area is 131 Å². The van der Waals surface area contributed by atoms with Crippen LogP contribution in [0, 0.1) is 5.92 Å². The van der Waals surface area contributed by atoms with Crippen LogP contribution in [0.1, 0.15) is 12.0 Å². The summed E-state index contributed by atoms with van der Waals surface area (Å²) in [5.41, 5.74) is 1.31. The first-order valence-electron chi connectivity index (χ1n) is 7.75. The fraction of sp³-hybridized carbons (Fsp3) is 0.750. The van der Waals surface area contributed by atoms with Crippen molar-refractivity contribution in [2.24, 2.45) is 5.92 Å². The topological polar surface area (TPSA) is 24.9 Å². The Bertz CT molecular complexity index is 437. The molecule has 0 bridgehead atoms. The molecule has 1 aromatic heterocycles. The molecule has 3 rings (SSSR count). The number of rotatable bonds is 4. The maximum atomic E-state index is 6.23. The Hall–Kier alpha value is -0.460. The highest BCUT2D eigenvalue weighted by Crippen LogP contribution is 2.33. The molecule has 1 aromatic rings. The SMILES string of the molecule is CN(C)C[C@H]1CO[C@]2(COCCN(Cc3ccsc3)C2)C1. The Morgan fingerprint density at radius 2 is 2.38 bits per heavy atom. The van der Waals surface area contributed by atoms with Crippen LogP contribution in [0.25, 0.3) is 0 Å². The first-order chi connectivity index (χ1) is 10.2. The van der Waals surface area contributed by atoms with Gasteiger partial charge in [0.05, 0.1) is 19.8 Å². The summed E-state index contributed by atoms with van der Waals surface area (Å²) in [5.74, 6) is 0.629. The number of thiophene rings is 1. The fourth-order valence-electron chi connectivity index (χ4n) is 3.54. The van der Waals surface area contributed by atoms with E-state index in [4.69, 9.17) is 9.47 Å². The van der Waals surface area contributed by atoms with Gasteiger partial charge in [-0.2, -0.15) is 11.3 Å². The quantitative estimate of drug-likeness (QED) is 0.848. The molecule has 0 N–H and O–H groups in total. The number of nitrogens with zero attached hydrogens (tertiary/aromatic N) is 2. The average Bonchev–Trinajstić information content (AvgIpc) is 3.00. The van der Waals surface area contributed by atoms with E-state index in [0.29, 0.717) is 5.92 Å². The van der Waals surface area contributed by atoms with Crippen molar-refractivity contribution in [1.82, 2.24) is 9.80 Å². The molecule has 0 amide bonds. The highest BCUT2D eigenvalue weighted by Gasteiger charge is 2.43. The summed E-state index contributed by atoms with van der Waals surface area (Å²) in [5, 5.41) is 4.39. The molecular weight excluding hydrogens is 284 g/mol. The van der Waals surface area contributed by atoms with Gasteiger partial charge in [-0.1, -0.05) is 0 Å². The van der Waals surface area contributed by atoms with Crippen LogP contribution in [-0.4, -0.2) is 69.0 Å². The summed E-state index contributed by atoms with van der Waals surface area (Å²) in [6, 6.07) is 2.22. The van der Waals surface area contributed by atoms with Gasteiger partial charge in [0.2, 0.25) is 0 Å². The van der Waals surface area contributed by atoms with E-state index >= 15 is 0 Å². The molecule has 21 heavy (non-hydrogen) atoms. The molecule has 5 heteroatoms. The largest absolute Gasteiger partial charge is 0.377 e. The summed E-state index contributed by atoms with van der Waals surface area (Å²) >= 11 is 1.77. The van der Waals surface area contributed by atoms with Crippen LogP contribution in [0.3, 0.4) is 0 Å². The van der Waals surface area contributed by atoms with Gasteiger partial charge >= 0.3 is 0 Å². The second-order valence-corrected chi connectivity index (χ2v) is 7.50. The summed E-state index contributed by atoms with van der Waals surface area (Å²) in [6.07, 6.45) is 1.12. The Balaban J connectivity index is 1.62. The molecule has 2 aliphatic rings. The molecule has 2 fully saturated rings. The van der Waals surface area contributed by atoms with Crippen molar-refractivity contribution in [2.45, 2.75) is 18.6 Å². The van der Waals surface area contributed by atoms with E-state index in [1.54, 1.807) is 11.3 Å². The maximum absolute atomic E-state index is 6.23. The molecule has 2 saturated heterocycles. The van der Waals surface area contributed by atoms with Crippen LogP contribution in [0.5, 0.6) is 0 Å². The predicted octanol–water partition coefficient (Wildman–Crippen LogP) is 1.92. The van der Waals surface area contributed by atoms with Crippen LogP contribution in [0.2, 0.25) is 0 Å². The van der Waals surface area contributed by atoms with Gasteiger partial charge in [0.25, 0.3) is 0 Å². The number of hydrogen-bond donors (Lipinski definition) is 0. The number of hydrogen-bond acceptors (Lipinski definition) is 5. The molecule has 4 nitrogen and oxygen atoms in total. The fourth-order valence-corrected chi connectivity index (χ4v) is 4.20. The third-order valence-corrected chi connectivity index (χ3v) is 5.06. The third kappa shape index (κ3) is 4.05.